The normalized spacial score (nSPS) is 14.4. The number of furan rings is 1. The number of carbonyl (C=O) groups is 1. The van der Waals surface area contributed by atoms with Crippen LogP contribution in [0.25, 0.3) is 17.4 Å². The van der Waals surface area contributed by atoms with Gasteiger partial charge in [-0.2, -0.15) is 19.5 Å². The molecule has 1 saturated heterocycles. The van der Waals surface area contributed by atoms with Crippen molar-refractivity contribution in [2.75, 3.05) is 55.2 Å². The van der Waals surface area contributed by atoms with Gasteiger partial charge in [0.2, 0.25) is 17.7 Å². The fourth-order valence-corrected chi connectivity index (χ4v) is 4.15. The van der Waals surface area contributed by atoms with Gasteiger partial charge in [0.25, 0.3) is 5.78 Å². The van der Waals surface area contributed by atoms with Gasteiger partial charge in [-0.05, 0) is 36.2 Å². The standard InChI is InChI=1S/C23H26FN9O3/c24-16-14-15(4-6-19(34)35)3-5-17(16)32-11-9-31(10-12-32)8-7-26-22-28-21(25)33-23(29-22)27-20(30-33)18-2-1-13-36-18/h1-3,5,13-14H,4,6-12H2,(H,34,35)(H3,25,26,27,28,29,30). The van der Waals surface area contributed by atoms with Gasteiger partial charge in [-0.3, -0.25) is 9.69 Å². The molecule has 0 unspecified atom stereocenters. The number of rotatable bonds is 9. The average molecular weight is 496 g/mol. The van der Waals surface area contributed by atoms with E-state index in [9.17, 15) is 9.18 Å². The molecule has 0 atom stereocenters. The lowest BCUT2D eigenvalue weighted by Gasteiger charge is -2.36. The number of carboxylic acids is 1. The van der Waals surface area contributed by atoms with E-state index < -0.39 is 5.97 Å². The molecule has 12 nitrogen and oxygen atoms in total. The van der Waals surface area contributed by atoms with E-state index in [2.05, 4.69) is 30.3 Å². The third-order valence-corrected chi connectivity index (χ3v) is 6.04. The van der Waals surface area contributed by atoms with Gasteiger partial charge in [-0.1, -0.05) is 6.07 Å². The molecular formula is C23H26FN9O3. The number of piperazine rings is 1. The van der Waals surface area contributed by atoms with Gasteiger partial charge in [0.1, 0.15) is 5.82 Å². The summed E-state index contributed by atoms with van der Waals surface area (Å²) in [6.45, 7) is 4.29. The number of nitrogen functional groups attached to an aromatic ring is 1. The zero-order chi connectivity index (χ0) is 25.1. The van der Waals surface area contributed by atoms with Crippen molar-refractivity contribution in [2.45, 2.75) is 12.8 Å². The van der Waals surface area contributed by atoms with Crippen molar-refractivity contribution in [1.29, 1.82) is 0 Å². The highest BCUT2D eigenvalue weighted by molar-refractivity contribution is 5.67. The van der Waals surface area contributed by atoms with Gasteiger partial charge in [-0.15, -0.1) is 5.10 Å². The minimum absolute atomic E-state index is 0.0119. The Morgan fingerprint density at radius 3 is 2.72 bits per heavy atom. The Morgan fingerprint density at radius 2 is 2.00 bits per heavy atom. The van der Waals surface area contributed by atoms with Crippen LogP contribution in [-0.2, 0) is 11.2 Å². The van der Waals surface area contributed by atoms with Gasteiger partial charge in [-0.25, -0.2) is 4.39 Å². The highest BCUT2D eigenvalue weighted by atomic mass is 19.1. The quantitative estimate of drug-likeness (QED) is 0.311. The van der Waals surface area contributed by atoms with Crippen LogP contribution in [0.2, 0.25) is 0 Å². The van der Waals surface area contributed by atoms with Gasteiger partial charge in [0.15, 0.2) is 5.76 Å². The molecule has 0 amide bonds. The van der Waals surface area contributed by atoms with Crippen LogP contribution in [0.4, 0.5) is 22.0 Å². The van der Waals surface area contributed by atoms with Crippen LogP contribution in [-0.4, -0.2) is 79.8 Å². The van der Waals surface area contributed by atoms with E-state index in [1.165, 1.54) is 10.6 Å². The summed E-state index contributed by atoms with van der Waals surface area (Å²) in [5.74, 6) is 0.533. The predicted octanol–water partition coefficient (Wildman–Crippen LogP) is 1.75. The Bertz CT molecular complexity index is 1350. The summed E-state index contributed by atoms with van der Waals surface area (Å²) in [6.07, 6.45) is 1.85. The monoisotopic (exact) mass is 495 g/mol. The maximum Gasteiger partial charge on any atom is 0.303 e. The van der Waals surface area contributed by atoms with Crippen LogP contribution < -0.4 is 16.0 Å². The average Bonchev–Trinajstić information content (AvgIpc) is 3.54. The summed E-state index contributed by atoms with van der Waals surface area (Å²) in [5, 5.41) is 16.3. The molecule has 1 aliphatic rings. The maximum absolute atomic E-state index is 14.6. The van der Waals surface area contributed by atoms with Gasteiger partial charge >= 0.3 is 5.97 Å². The molecule has 188 valence electrons. The number of carboxylic acid groups (broad SMARTS) is 1. The van der Waals surface area contributed by atoms with Gasteiger partial charge in [0, 0.05) is 45.7 Å². The Balaban J connectivity index is 1.12. The summed E-state index contributed by atoms with van der Waals surface area (Å²) < 4.78 is 21.3. The molecule has 0 spiro atoms. The van der Waals surface area contributed by atoms with E-state index in [1.54, 1.807) is 30.5 Å². The lowest BCUT2D eigenvalue weighted by atomic mass is 10.1. The number of aromatic nitrogens is 5. The summed E-state index contributed by atoms with van der Waals surface area (Å²) in [6, 6.07) is 8.48. The van der Waals surface area contributed by atoms with E-state index >= 15 is 0 Å². The van der Waals surface area contributed by atoms with Crippen LogP contribution in [0, 0.1) is 5.82 Å². The molecule has 5 rings (SSSR count). The number of aryl methyl sites for hydroxylation is 1. The molecule has 4 N–H and O–H groups in total. The van der Waals surface area contributed by atoms with Crippen molar-refractivity contribution in [2.24, 2.45) is 0 Å². The van der Waals surface area contributed by atoms with Crippen LogP contribution in [0.1, 0.15) is 12.0 Å². The molecule has 3 aromatic heterocycles. The largest absolute Gasteiger partial charge is 0.481 e. The van der Waals surface area contributed by atoms with E-state index in [1.807, 2.05) is 4.90 Å². The number of hydrogen-bond donors (Lipinski definition) is 3. The Morgan fingerprint density at radius 1 is 1.17 bits per heavy atom. The molecule has 1 aliphatic heterocycles. The molecule has 4 aromatic rings. The minimum atomic E-state index is -0.890. The number of hydrogen-bond acceptors (Lipinski definition) is 10. The second kappa shape index (κ2) is 10.2. The summed E-state index contributed by atoms with van der Waals surface area (Å²) in [4.78, 5) is 28.0. The number of benzene rings is 1. The molecule has 4 heterocycles. The van der Waals surface area contributed by atoms with Crippen molar-refractivity contribution in [3.05, 3.63) is 48.0 Å². The number of nitrogens with one attached hydrogen (secondary N) is 1. The lowest BCUT2D eigenvalue weighted by Crippen LogP contribution is -2.48. The van der Waals surface area contributed by atoms with Gasteiger partial charge < -0.3 is 25.5 Å². The fourth-order valence-electron chi connectivity index (χ4n) is 4.15. The second-order valence-corrected chi connectivity index (χ2v) is 8.46. The Labute approximate surface area is 205 Å². The minimum Gasteiger partial charge on any atom is -0.481 e. The molecule has 36 heavy (non-hydrogen) atoms. The lowest BCUT2D eigenvalue weighted by molar-refractivity contribution is -0.136. The molecule has 0 aliphatic carbocycles. The van der Waals surface area contributed by atoms with Crippen LogP contribution in [0.3, 0.4) is 0 Å². The molecule has 0 bridgehead atoms. The highest BCUT2D eigenvalue weighted by Crippen LogP contribution is 2.23. The molecule has 1 aromatic carbocycles. The molecule has 13 heteroatoms. The maximum atomic E-state index is 14.6. The smallest absolute Gasteiger partial charge is 0.303 e. The predicted molar refractivity (Wildman–Crippen MR) is 130 cm³/mol. The number of nitrogens with two attached hydrogens (primary N) is 1. The number of nitrogens with zero attached hydrogens (tertiary/aromatic N) is 7. The van der Waals surface area contributed by atoms with E-state index in [0.717, 1.165) is 19.6 Å². The van der Waals surface area contributed by atoms with Crippen LogP contribution in [0.15, 0.2) is 41.0 Å². The zero-order valence-corrected chi connectivity index (χ0v) is 19.5. The van der Waals surface area contributed by atoms with Crippen molar-refractivity contribution >= 4 is 29.3 Å². The van der Waals surface area contributed by atoms with Crippen LogP contribution in [0.5, 0.6) is 0 Å². The van der Waals surface area contributed by atoms with Crippen molar-refractivity contribution in [1.82, 2.24) is 29.5 Å². The first-order valence-electron chi connectivity index (χ1n) is 11.6. The number of anilines is 3. The molecular weight excluding hydrogens is 469 g/mol. The summed E-state index contributed by atoms with van der Waals surface area (Å²) >= 11 is 0. The van der Waals surface area contributed by atoms with Crippen molar-refractivity contribution in [3.63, 3.8) is 0 Å². The Kier molecular flexibility index (Phi) is 6.62. The van der Waals surface area contributed by atoms with Gasteiger partial charge in [0.05, 0.1) is 12.0 Å². The number of halogens is 1. The number of fused-ring (bicyclic) bond motifs is 1. The summed E-state index contributed by atoms with van der Waals surface area (Å²) in [5.41, 5.74) is 7.26. The third-order valence-electron chi connectivity index (χ3n) is 6.04. The Hall–Kier alpha value is -4.26. The van der Waals surface area contributed by atoms with E-state index in [0.29, 0.717) is 60.6 Å². The second-order valence-electron chi connectivity index (χ2n) is 8.46. The molecule has 0 radical (unpaired) electrons. The third kappa shape index (κ3) is 5.20. The SMILES string of the molecule is Nc1nc(NCCN2CCN(c3ccc(CCC(=O)O)cc3F)CC2)nc2nc(-c3ccco3)nn12. The van der Waals surface area contributed by atoms with Crippen molar-refractivity contribution < 1.29 is 18.7 Å². The van der Waals surface area contributed by atoms with E-state index in [-0.39, 0.29) is 18.2 Å². The fraction of sp³-hybridized carbons (Fsp3) is 0.348. The number of aliphatic carboxylic acids is 1. The summed E-state index contributed by atoms with van der Waals surface area (Å²) in [7, 11) is 0. The molecule has 1 fully saturated rings. The van der Waals surface area contributed by atoms with Crippen molar-refractivity contribution in [3.8, 4) is 11.6 Å². The van der Waals surface area contributed by atoms with E-state index in [4.69, 9.17) is 15.3 Å². The molecule has 0 saturated carbocycles. The first-order valence-corrected chi connectivity index (χ1v) is 11.6. The zero-order valence-electron chi connectivity index (χ0n) is 19.5. The van der Waals surface area contributed by atoms with Crippen LogP contribution >= 0.6 is 0 Å². The topological polar surface area (TPSA) is 151 Å². The highest BCUT2D eigenvalue weighted by Gasteiger charge is 2.20. The first-order chi connectivity index (χ1) is 17.5. The first kappa shape index (κ1) is 23.5.